The molecule has 100 valence electrons. The number of anilines is 1. The van der Waals surface area contributed by atoms with Gasteiger partial charge in [0.1, 0.15) is 11.6 Å². The second-order valence-corrected chi connectivity index (χ2v) is 3.86. The predicted octanol–water partition coefficient (Wildman–Crippen LogP) is 1.73. The Hall–Kier alpha value is -1.82. The van der Waals surface area contributed by atoms with E-state index in [-0.39, 0.29) is 18.3 Å². The maximum Gasteiger partial charge on any atom is 0.319 e. The molecule has 0 radical (unpaired) electrons. The third-order valence-electron chi connectivity index (χ3n) is 2.36. The number of rotatable bonds is 5. The number of halogens is 1. The van der Waals surface area contributed by atoms with Gasteiger partial charge in [-0.3, -0.25) is 0 Å². The number of hydrogen-bond donors (Lipinski definition) is 3. The summed E-state index contributed by atoms with van der Waals surface area (Å²) in [5, 5.41) is 13.7. The Morgan fingerprint density at radius 3 is 2.89 bits per heavy atom. The molecule has 0 aromatic heterocycles. The minimum Gasteiger partial charge on any atom is -0.497 e. The topological polar surface area (TPSA) is 70.6 Å². The molecule has 1 aromatic rings. The first-order valence-corrected chi connectivity index (χ1v) is 5.58. The van der Waals surface area contributed by atoms with E-state index in [0.29, 0.717) is 12.2 Å². The zero-order valence-electron chi connectivity index (χ0n) is 10.4. The number of carbonyl (C=O) groups is 1. The van der Waals surface area contributed by atoms with Crippen LogP contribution in [-0.4, -0.2) is 30.9 Å². The Morgan fingerprint density at radius 2 is 2.28 bits per heavy atom. The summed E-state index contributed by atoms with van der Waals surface area (Å²) in [6, 6.07) is 3.36. The van der Waals surface area contributed by atoms with Gasteiger partial charge in [-0.05, 0) is 25.5 Å². The van der Waals surface area contributed by atoms with Gasteiger partial charge in [-0.25, -0.2) is 9.18 Å². The monoisotopic (exact) mass is 256 g/mol. The van der Waals surface area contributed by atoms with E-state index in [0.717, 1.165) is 0 Å². The fraction of sp³-hybridized carbons (Fsp3) is 0.417. The Kier molecular flexibility index (Phi) is 5.38. The quantitative estimate of drug-likeness (QED) is 0.751. The van der Waals surface area contributed by atoms with Crippen molar-refractivity contribution < 1.29 is 19.0 Å². The molecule has 0 spiro atoms. The molecule has 0 saturated carbocycles. The van der Waals surface area contributed by atoms with Crippen molar-refractivity contribution in [1.82, 2.24) is 5.32 Å². The summed E-state index contributed by atoms with van der Waals surface area (Å²) < 4.78 is 18.4. The summed E-state index contributed by atoms with van der Waals surface area (Å²) in [4.78, 5) is 11.5. The smallest absolute Gasteiger partial charge is 0.319 e. The molecule has 0 aliphatic rings. The van der Waals surface area contributed by atoms with Gasteiger partial charge in [0.25, 0.3) is 0 Å². The standard InChI is InChI=1S/C12H17FN2O3/c1-8(5-6-16)14-12(17)15-11-7-9(18-2)3-4-10(11)13/h3-4,7-8,16H,5-6H2,1-2H3,(H2,14,15,17)/t8-/m1/s1. The fourth-order valence-corrected chi connectivity index (χ4v) is 1.38. The van der Waals surface area contributed by atoms with E-state index in [1.54, 1.807) is 6.92 Å². The molecular weight excluding hydrogens is 239 g/mol. The SMILES string of the molecule is COc1ccc(F)c(NC(=O)N[C@H](C)CCO)c1. The van der Waals surface area contributed by atoms with Gasteiger partial charge in [0.15, 0.2) is 0 Å². The molecule has 0 saturated heterocycles. The van der Waals surface area contributed by atoms with E-state index in [1.807, 2.05) is 0 Å². The molecule has 5 nitrogen and oxygen atoms in total. The highest BCUT2D eigenvalue weighted by Gasteiger charge is 2.10. The molecular formula is C12H17FN2O3. The molecule has 3 N–H and O–H groups in total. The number of carbonyl (C=O) groups excluding carboxylic acids is 1. The summed E-state index contributed by atoms with van der Waals surface area (Å²) >= 11 is 0. The number of methoxy groups -OCH3 is 1. The van der Waals surface area contributed by atoms with Crippen molar-refractivity contribution in [3.8, 4) is 5.75 Å². The lowest BCUT2D eigenvalue weighted by atomic mass is 10.2. The number of ether oxygens (including phenoxy) is 1. The lowest BCUT2D eigenvalue weighted by Gasteiger charge is -2.14. The van der Waals surface area contributed by atoms with Gasteiger partial charge in [0, 0.05) is 18.7 Å². The Morgan fingerprint density at radius 1 is 1.56 bits per heavy atom. The second-order valence-electron chi connectivity index (χ2n) is 3.86. The van der Waals surface area contributed by atoms with Crippen molar-refractivity contribution in [3.63, 3.8) is 0 Å². The summed E-state index contributed by atoms with van der Waals surface area (Å²) in [5.74, 6) is -0.0872. The lowest BCUT2D eigenvalue weighted by molar-refractivity contribution is 0.241. The molecule has 0 bridgehead atoms. The third kappa shape index (κ3) is 4.21. The van der Waals surface area contributed by atoms with Crippen LogP contribution >= 0.6 is 0 Å². The van der Waals surface area contributed by atoms with Crippen molar-refractivity contribution >= 4 is 11.7 Å². The molecule has 6 heteroatoms. The molecule has 2 amide bonds. The average molecular weight is 256 g/mol. The molecule has 1 aromatic carbocycles. The highest BCUT2D eigenvalue weighted by molar-refractivity contribution is 5.89. The normalized spacial score (nSPS) is 11.8. The van der Waals surface area contributed by atoms with Gasteiger partial charge in [-0.2, -0.15) is 0 Å². The van der Waals surface area contributed by atoms with Crippen LogP contribution in [0.3, 0.4) is 0 Å². The fourth-order valence-electron chi connectivity index (χ4n) is 1.38. The van der Waals surface area contributed by atoms with E-state index in [2.05, 4.69) is 10.6 Å². The minimum atomic E-state index is -0.541. The van der Waals surface area contributed by atoms with Crippen molar-refractivity contribution in [2.75, 3.05) is 19.0 Å². The molecule has 1 rings (SSSR count). The minimum absolute atomic E-state index is 0.0189. The van der Waals surface area contributed by atoms with Gasteiger partial charge in [0.05, 0.1) is 12.8 Å². The number of nitrogens with one attached hydrogen (secondary N) is 2. The number of hydrogen-bond acceptors (Lipinski definition) is 3. The van der Waals surface area contributed by atoms with Crippen molar-refractivity contribution in [2.45, 2.75) is 19.4 Å². The molecule has 0 fully saturated rings. The zero-order valence-corrected chi connectivity index (χ0v) is 10.4. The summed E-state index contributed by atoms with van der Waals surface area (Å²) in [6.07, 6.45) is 0.439. The van der Waals surface area contributed by atoms with Gasteiger partial charge in [-0.15, -0.1) is 0 Å². The average Bonchev–Trinajstić information content (AvgIpc) is 2.32. The van der Waals surface area contributed by atoms with Crippen LogP contribution in [0, 0.1) is 5.82 Å². The first kappa shape index (κ1) is 14.2. The predicted molar refractivity (Wildman–Crippen MR) is 66.3 cm³/mol. The zero-order chi connectivity index (χ0) is 13.5. The van der Waals surface area contributed by atoms with Crippen LogP contribution in [0.2, 0.25) is 0 Å². The van der Waals surface area contributed by atoms with Crippen LogP contribution in [0.15, 0.2) is 18.2 Å². The number of aliphatic hydroxyl groups is 1. The second kappa shape index (κ2) is 6.80. The van der Waals surface area contributed by atoms with E-state index in [1.165, 1.54) is 25.3 Å². The van der Waals surface area contributed by atoms with Gasteiger partial charge >= 0.3 is 6.03 Å². The van der Waals surface area contributed by atoms with Crippen LogP contribution in [0.5, 0.6) is 5.75 Å². The molecule has 0 heterocycles. The molecule has 0 unspecified atom stereocenters. The first-order valence-electron chi connectivity index (χ1n) is 5.58. The van der Waals surface area contributed by atoms with Crippen molar-refractivity contribution in [2.24, 2.45) is 0 Å². The van der Waals surface area contributed by atoms with Crippen molar-refractivity contribution in [3.05, 3.63) is 24.0 Å². The highest BCUT2D eigenvalue weighted by Crippen LogP contribution is 2.20. The maximum absolute atomic E-state index is 13.4. The molecule has 0 aliphatic heterocycles. The van der Waals surface area contributed by atoms with Crippen LogP contribution in [0.1, 0.15) is 13.3 Å². The number of benzene rings is 1. The first-order chi connectivity index (χ1) is 8.56. The van der Waals surface area contributed by atoms with Crippen LogP contribution < -0.4 is 15.4 Å². The van der Waals surface area contributed by atoms with Gasteiger partial charge in [-0.1, -0.05) is 0 Å². The van der Waals surface area contributed by atoms with Gasteiger partial charge in [0.2, 0.25) is 0 Å². The Labute approximate surface area is 105 Å². The molecule has 1 atom stereocenters. The number of amides is 2. The van der Waals surface area contributed by atoms with Crippen molar-refractivity contribution in [1.29, 1.82) is 0 Å². The molecule has 0 aliphatic carbocycles. The largest absolute Gasteiger partial charge is 0.497 e. The highest BCUT2D eigenvalue weighted by atomic mass is 19.1. The van der Waals surface area contributed by atoms with E-state index in [4.69, 9.17) is 9.84 Å². The Balaban J connectivity index is 2.63. The summed E-state index contributed by atoms with van der Waals surface area (Å²) in [5.41, 5.74) is 0.0445. The van der Waals surface area contributed by atoms with Crippen LogP contribution in [0.25, 0.3) is 0 Å². The van der Waals surface area contributed by atoms with Gasteiger partial charge < -0.3 is 20.5 Å². The van der Waals surface area contributed by atoms with E-state index < -0.39 is 11.8 Å². The van der Waals surface area contributed by atoms with E-state index in [9.17, 15) is 9.18 Å². The van der Waals surface area contributed by atoms with E-state index >= 15 is 0 Å². The summed E-state index contributed by atoms with van der Waals surface area (Å²) in [6.45, 7) is 1.73. The van der Waals surface area contributed by atoms with Crippen LogP contribution in [0.4, 0.5) is 14.9 Å². The van der Waals surface area contributed by atoms with Crippen LogP contribution in [-0.2, 0) is 0 Å². The summed E-state index contributed by atoms with van der Waals surface area (Å²) in [7, 11) is 1.46. The number of aliphatic hydroxyl groups excluding tert-OH is 1. The number of urea groups is 1. The maximum atomic E-state index is 13.4. The lowest BCUT2D eigenvalue weighted by Crippen LogP contribution is -2.36. The Bertz CT molecular complexity index is 412. The third-order valence-corrected chi connectivity index (χ3v) is 2.36. The molecule has 18 heavy (non-hydrogen) atoms.